The molecule has 23 heavy (non-hydrogen) atoms. The summed E-state index contributed by atoms with van der Waals surface area (Å²) in [5.74, 6) is 0.167. The molecule has 122 valence electrons. The Labute approximate surface area is 139 Å². The number of aliphatic hydroxyl groups is 1. The topological polar surface area (TPSA) is 74.2 Å². The highest BCUT2D eigenvalue weighted by Crippen LogP contribution is 2.31. The van der Waals surface area contributed by atoms with Crippen molar-refractivity contribution in [3.05, 3.63) is 51.5 Å². The van der Waals surface area contributed by atoms with Gasteiger partial charge in [-0.2, -0.15) is 0 Å². The van der Waals surface area contributed by atoms with Crippen molar-refractivity contribution in [2.75, 3.05) is 6.54 Å². The molecule has 0 spiro atoms. The Balaban J connectivity index is 1.55. The predicted molar refractivity (Wildman–Crippen MR) is 90.7 cm³/mol. The first-order valence-corrected chi connectivity index (χ1v) is 8.65. The number of benzene rings is 1. The van der Waals surface area contributed by atoms with E-state index in [1.54, 1.807) is 11.3 Å². The standard InChI is InChI=1S/C17H21N3O2S/c1-10(16-19-11(2)9-23-16)8-18-17(22)20-15-13-6-4-3-5-12(13)7-14(15)21/h3-6,9-10,14-15,21H,7-8H2,1-2H3,(H2,18,20,22). The van der Waals surface area contributed by atoms with Crippen LogP contribution in [0, 0.1) is 6.92 Å². The minimum atomic E-state index is -0.572. The smallest absolute Gasteiger partial charge is 0.315 e. The van der Waals surface area contributed by atoms with Crippen molar-refractivity contribution in [2.24, 2.45) is 0 Å². The van der Waals surface area contributed by atoms with Crippen LogP contribution in [0.5, 0.6) is 0 Å². The van der Waals surface area contributed by atoms with Gasteiger partial charge in [0.25, 0.3) is 0 Å². The van der Waals surface area contributed by atoms with Crippen LogP contribution in [0.25, 0.3) is 0 Å². The third-order valence-electron chi connectivity index (χ3n) is 4.12. The molecule has 1 aromatic heterocycles. The number of aliphatic hydroxyl groups excluding tert-OH is 1. The fraction of sp³-hybridized carbons (Fsp3) is 0.412. The quantitative estimate of drug-likeness (QED) is 0.806. The second-order valence-corrected chi connectivity index (χ2v) is 6.92. The first kappa shape index (κ1) is 16.0. The van der Waals surface area contributed by atoms with E-state index in [0.717, 1.165) is 21.8 Å². The van der Waals surface area contributed by atoms with Crippen molar-refractivity contribution in [3.8, 4) is 0 Å². The number of carbonyl (C=O) groups excluding carboxylic acids is 1. The largest absolute Gasteiger partial charge is 0.390 e. The lowest BCUT2D eigenvalue weighted by molar-refractivity contribution is 0.142. The third kappa shape index (κ3) is 3.54. The summed E-state index contributed by atoms with van der Waals surface area (Å²) in [5, 5.41) is 19.0. The van der Waals surface area contributed by atoms with E-state index >= 15 is 0 Å². The van der Waals surface area contributed by atoms with Crippen molar-refractivity contribution in [2.45, 2.75) is 38.3 Å². The summed E-state index contributed by atoms with van der Waals surface area (Å²) in [6.45, 7) is 4.52. The van der Waals surface area contributed by atoms with Crippen LogP contribution in [0.4, 0.5) is 4.79 Å². The van der Waals surface area contributed by atoms with Gasteiger partial charge in [0.05, 0.1) is 17.2 Å². The normalized spacial score (nSPS) is 20.8. The lowest BCUT2D eigenvalue weighted by Crippen LogP contribution is -2.42. The van der Waals surface area contributed by atoms with E-state index in [1.807, 2.05) is 43.5 Å². The molecule has 5 nitrogen and oxygen atoms in total. The van der Waals surface area contributed by atoms with Crippen molar-refractivity contribution in [1.29, 1.82) is 0 Å². The zero-order valence-electron chi connectivity index (χ0n) is 13.2. The van der Waals surface area contributed by atoms with E-state index in [2.05, 4.69) is 15.6 Å². The number of urea groups is 1. The maximum atomic E-state index is 12.1. The molecule has 2 amide bonds. The van der Waals surface area contributed by atoms with Crippen LogP contribution in [0.2, 0.25) is 0 Å². The molecule has 1 heterocycles. The molecule has 0 saturated heterocycles. The lowest BCUT2D eigenvalue weighted by atomic mass is 10.1. The third-order valence-corrected chi connectivity index (χ3v) is 5.31. The Bertz CT molecular complexity index is 701. The molecule has 1 aromatic carbocycles. The van der Waals surface area contributed by atoms with Gasteiger partial charge in [0, 0.05) is 30.0 Å². The summed E-state index contributed by atoms with van der Waals surface area (Å²) in [5.41, 5.74) is 3.10. The molecule has 6 heteroatoms. The molecule has 3 rings (SSSR count). The van der Waals surface area contributed by atoms with Crippen molar-refractivity contribution < 1.29 is 9.90 Å². The second kappa shape index (κ2) is 6.68. The van der Waals surface area contributed by atoms with Gasteiger partial charge in [-0.05, 0) is 18.1 Å². The number of carbonyl (C=O) groups is 1. The number of aromatic nitrogens is 1. The molecule has 3 atom stereocenters. The summed E-state index contributed by atoms with van der Waals surface area (Å²) < 4.78 is 0. The van der Waals surface area contributed by atoms with Gasteiger partial charge in [-0.15, -0.1) is 11.3 Å². The Morgan fingerprint density at radius 2 is 2.26 bits per heavy atom. The van der Waals surface area contributed by atoms with Crippen LogP contribution in [-0.2, 0) is 6.42 Å². The van der Waals surface area contributed by atoms with Crippen molar-refractivity contribution >= 4 is 17.4 Å². The summed E-state index contributed by atoms with van der Waals surface area (Å²) >= 11 is 1.61. The first-order chi connectivity index (χ1) is 11.0. The number of thiazole rings is 1. The Hall–Kier alpha value is -1.92. The average Bonchev–Trinajstić information content (AvgIpc) is 3.09. The van der Waals surface area contributed by atoms with Crippen LogP contribution in [-0.4, -0.2) is 28.8 Å². The molecule has 2 aromatic rings. The van der Waals surface area contributed by atoms with Crippen LogP contribution in [0.15, 0.2) is 29.6 Å². The van der Waals surface area contributed by atoms with E-state index in [9.17, 15) is 9.90 Å². The van der Waals surface area contributed by atoms with Gasteiger partial charge in [-0.3, -0.25) is 0 Å². The second-order valence-electron chi connectivity index (χ2n) is 6.03. The maximum absolute atomic E-state index is 12.1. The number of rotatable bonds is 4. The lowest BCUT2D eigenvalue weighted by Gasteiger charge is -2.19. The molecular weight excluding hydrogens is 310 g/mol. The van der Waals surface area contributed by atoms with Gasteiger partial charge in [-0.25, -0.2) is 9.78 Å². The summed E-state index contributed by atoms with van der Waals surface area (Å²) in [6, 6.07) is 7.22. The molecule has 0 aliphatic heterocycles. The number of nitrogens with zero attached hydrogens (tertiary/aromatic N) is 1. The highest BCUT2D eigenvalue weighted by atomic mass is 32.1. The van der Waals surface area contributed by atoms with E-state index < -0.39 is 6.10 Å². The molecule has 0 fully saturated rings. The van der Waals surface area contributed by atoms with E-state index in [1.165, 1.54) is 0 Å². The maximum Gasteiger partial charge on any atom is 0.315 e. The van der Waals surface area contributed by atoms with Crippen LogP contribution >= 0.6 is 11.3 Å². The highest BCUT2D eigenvalue weighted by Gasteiger charge is 2.31. The van der Waals surface area contributed by atoms with E-state index in [0.29, 0.717) is 13.0 Å². The summed E-state index contributed by atoms with van der Waals surface area (Å²) in [6.07, 6.45) is 0.00723. The van der Waals surface area contributed by atoms with Gasteiger partial charge in [0.15, 0.2) is 0 Å². The minimum absolute atomic E-state index is 0.167. The number of nitrogens with one attached hydrogen (secondary N) is 2. The van der Waals surface area contributed by atoms with Crippen LogP contribution in [0.3, 0.4) is 0 Å². The zero-order valence-corrected chi connectivity index (χ0v) is 14.1. The summed E-state index contributed by atoms with van der Waals surface area (Å²) in [4.78, 5) is 16.6. The number of aryl methyl sites for hydroxylation is 1. The molecule has 0 radical (unpaired) electrons. The fourth-order valence-corrected chi connectivity index (χ4v) is 3.73. The number of hydrogen-bond donors (Lipinski definition) is 3. The van der Waals surface area contributed by atoms with E-state index in [4.69, 9.17) is 0 Å². The predicted octanol–water partition coefficient (Wildman–Crippen LogP) is 2.51. The number of amides is 2. The first-order valence-electron chi connectivity index (χ1n) is 7.77. The monoisotopic (exact) mass is 331 g/mol. The molecule has 1 aliphatic carbocycles. The average molecular weight is 331 g/mol. The molecule has 0 saturated carbocycles. The Morgan fingerprint density at radius 1 is 1.48 bits per heavy atom. The van der Waals surface area contributed by atoms with Gasteiger partial charge in [0.1, 0.15) is 0 Å². The molecule has 3 N–H and O–H groups in total. The van der Waals surface area contributed by atoms with E-state index in [-0.39, 0.29) is 18.0 Å². The Kier molecular flexibility index (Phi) is 4.63. The van der Waals surface area contributed by atoms with Gasteiger partial charge in [0.2, 0.25) is 0 Å². The summed E-state index contributed by atoms with van der Waals surface area (Å²) in [7, 11) is 0. The fourth-order valence-electron chi connectivity index (χ4n) is 2.87. The van der Waals surface area contributed by atoms with Crippen molar-refractivity contribution in [3.63, 3.8) is 0 Å². The number of hydrogen-bond acceptors (Lipinski definition) is 4. The highest BCUT2D eigenvalue weighted by molar-refractivity contribution is 7.09. The van der Waals surface area contributed by atoms with Gasteiger partial charge >= 0.3 is 6.03 Å². The molecule has 0 bridgehead atoms. The molecule has 1 aliphatic rings. The number of fused-ring (bicyclic) bond motifs is 1. The zero-order chi connectivity index (χ0) is 16.4. The minimum Gasteiger partial charge on any atom is -0.390 e. The molecule has 3 unspecified atom stereocenters. The Morgan fingerprint density at radius 3 is 3.00 bits per heavy atom. The van der Waals surface area contributed by atoms with Crippen molar-refractivity contribution in [1.82, 2.24) is 15.6 Å². The SMILES string of the molecule is Cc1csc(C(C)CNC(=O)NC2c3ccccc3CC2O)n1. The molecular formula is C17H21N3O2S. The van der Waals surface area contributed by atoms with Crippen LogP contribution in [0.1, 0.15) is 40.7 Å². The van der Waals surface area contributed by atoms with Gasteiger partial charge < -0.3 is 15.7 Å². The van der Waals surface area contributed by atoms with Gasteiger partial charge in [-0.1, -0.05) is 31.2 Å². The van der Waals surface area contributed by atoms with Crippen LogP contribution < -0.4 is 10.6 Å².